The van der Waals surface area contributed by atoms with Gasteiger partial charge in [-0.25, -0.2) is 0 Å². The number of nitrogens with two attached hydrogens (primary N) is 1. The maximum atomic E-state index is 12.1. The normalized spacial score (nSPS) is 23.7. The van der Waals surface area contributed by atoms with Crippen LogP contribution in [0.5, 0.6) is 0 Å². The summed E-state index contributed by atoms with van der Waals surface area (Å²) in [6, 6.07) is 5.55. The second kappa shape index (κ2) is 5.40. The van der Waals surface area contributed by atoms with Gasteiger partial charge in [-0.05, 0) is 50.3 Å². The molecule has 98 valence electrons. The highest BCUT2D eigenvalue weighted by Crippen LogP contribution is 2.20. The fraction of sp³-hybridized carbons (Fsp3) is 0.500. The SMILES string of the molecule is Cc1c(N)cccc1C(=O)NC1CCC(O)CC1. The quantitative estimate of drug-likeness (QED) is 0.696. The number of aliphatic hydroxyl groups excluding tert-OH is 1. The Morgan fingerprint density at radius 2 is 2.00 bits per heavy atom. The molecule has 0 heterocycles. The van der Waals surface area contributed by atoms with Gasteiger partial charge in [0, 0.05) is 17.3 Å². The van der Waals surface area contributed by atoms with Crippen molar-refractivity contribution >= 4 is 11.6 Å². The molecule has 4 N–H and O–H groups in total. The van der Waals surface area contributed by atoms with Crippen LogP contribution in [0.15, 0.2) is 18.2 Å². The van der Waals surface area contributed by atoms with Gasteiger partial charge in [0.1, 0.15) is 0 Å². The van der Waals surface area contributed by atoms with Crippen molar-refractivity contribution in [3.8, 4) is 0 Å². The number of aliphatic hydroxyl groups is 1. The van der Waals surface area contributed by atoms with Crippen LogP contribution in [-0.4, -0.2) is 23.2 Å². The molecule has 1 saturated carbocycles. The van der Waals surface area contributed by atoms with Crippen LogP contribution >= 0.6 is 0 Å². The topological polar surface area (TPSA) is 75.4 Å². The summed E-state index contributed by atoms with van der Waals surface area (Å²) in [6.45, 7) is 1.86. The molecule has 0 bridgehead atoms. The predicted molar refractivity (Wildman–Crippen MR) is 71.3 cm³/mol. The van der Waals surface area contributed by atoms with Gasteiger partial charge in [-0.15, -0.1) is 0 Å². The van der Waals surface area contributed by atoms with Gasteiger partial charge in [-0.2, -0.15) is 0 Å². The Kier molecular flexibility index (Phi) is 3.87. The lowest BCUT2D eigenvalue weighted by Crippen LogP contribution is -2.38. The summed E-state index contributed by atoms with van der Waals surface area (Å²) in [6.07, 6.45) is 3.01. The number of amides is 1. The third-order valence-electron chi connectivity index (χ3n) is 3.65. The van der Waals surface area contributed by atoms with E-state index in [0.717, 1.165) is 31.2 Å². The molecule has 0 aliphatic heterocycles. The van der Waals surface area contributed by atoms with Crippen molar-refractivity contribution in [2.75, 3.05) is 5.73 Å². The van der Waals surface area contributed by atoms with Gasteiger partial charge in [0.05, 0.1) is 6.10 Å². The fourth-order valence-electron chi connectivity index (χ4n) is 2.38. The van der Waals surface area contributed by atoms with Gasteiger partial charge < -0.3 is 16.2 Å². The second-order valence-corrected chi connectivity index (χ2v) is 5.00. The van der Waals surface area contributed by atoms with Gasteiger partial charge in [0.2, 0.25) is 0 Å². The highest BCUT2D eigenvalue weighted by Gasteiger charge is 2.21. The summed E-state index contributed by atoms with van der Waals surface area (Å²) in [5.74, 6) is -0.0683. The van der Waals surface area contributed by atoms with Crippen LogP contribution in [0.4, 0.5) is 5.69 Å². The van der Waals surface area contributed by atoms with Crippen molar-refractivity contribution in [2.24, 2.45) is 0 Å². The standard InChI is InChI=1S/C14H20N2O2/c1-9-12(3-2-4-13(9)15)14(18)16-10-5-7-11(17)8-6-10/h2-4,10-11,17H,5-8,15H2,1H3,(H,16,18). The molecule has 4 heteroatoms. The van der Waals surface area contributed by atoms with Gasteiger partial charge in [0.25, 0.3) is 5.91 Å². The molecule has 2 rings (SSSR count). The van der Waals surface area contributed by atoms with Crippen molar-refractivity contribution < 1.29 is 9.90 Å². The van der Waals surface area contributed by atoms with Gasteiger partial charge >= 0.3 is 0 Å². The molecule has 4 nitrogen and oxygen atoms in total. The lowest BCUT2D eigenvalue weighted by atomic mass is 9.93. The molecular formula is C14H20N2O2. The number of carbonyl (C=O) groups is 1. The molecule has 1 aromatic carbocycles. The van der Waals surface area contributed by atoms with E-state index in [1.807, 2.05) is 6.92 Å². The highest BCUT2D eigenvalue weighted by molar-refractivity contribution is 5.97. The number of nitrogens with one attached hydrogen (secondary N) is 1. The zero-order valence-corrected chi connectivity index (χ0v) is 10.6. The monoisotopic (exact) mass is 248 g/mol. The van der Waals surface area contributed by atoms with Crippen LogP contribution in [-0.2, 0) is 0 Å². The van der Waals surface area contributed by atoms with Gasteiger partial charge in [-0.1, -0.05) is 6.07 Å². The smallest absolute Gasteiger partial charge is 0.251 e. The number of hydrogen-bond acceptors (Lipinski definition) is 3. The molecule has 1 amide bonds. The van der Waals surface area contributed by atoms with E-state index in [9.17, 15) is 9.90 Å². The number of benzene rings is 1. The van der Waals surface area contributed by atoms with E-state index in [1.165, 1.54) is 0 Å². The van der Waals surface area contributed by atoms with Crippen LogP contribution in [0.1, 0.15) is 41.6 Å². The Balaban J connectivity index is 2.01. The highest BCUT2D eigenvalue weighted by atomic mass is 16.3. The van der Waals surface area contributed by atoms with Crippen molar-refractivity contribution in [2.45, 2.75) is 44.8 Å². The van der Waals surface area contributed by atoms with Crippen LogP contribution in [0.3, 0.4) is 0 Å². The van der Waals surface area contributed by atoms with E-state index >= 15 is 0 Å². The van der Waals surface area contributed by atoms with E-state index in [4.69, 9.17) is 5.73 Å². The summed E-state index contributed by atoms with van der Waals surface area (Å²) in [5.41, 5.74) is 7.90. The second-order valence-electron chi connectivity index (χ2n) is 5.00. The summed E-state index contributed by atoms with van der Waals surface area (Å²) in [7, 11) is 0. The first-order chi connectivity index (χ1) is 8.58. The first-order valence-corrected chi connectivity index (χ1v) is 6.42. The van der Waals surface area contributed by atoms with E-state index < -0.39 is 0 Å². The van der Waals surface area contributed by atoms with Crippen molar-refractivity contribution in [1.82, 2.24) is 5.32 Å². The Labute approximate surface area is 107 Å². The summed E-state index contributed by atoms with van der Waals surface area (Å²) in [4.78, 5) is 12.1. The van der Waals surface area contributed by atoms with E-state index in [2.05, 4.69) is 5.32 Å². The first-order valence-electron chi connectivity index (χ1n) is 6.42. The molecule has 0 spiro atoms. The zero-order chi connectivity index (χ0) is 13.1. The average Bonchev–Trinajstić information content (AvgIpc) is 2.35. The van der Waals surface area contributed by atoms with Gasteiger partial charge in [-0.3, -0.25) is 4.79 Å². The third kappa shape index (κ3) is 2.82. The molecular weight excluding hydrogens is 228 g/mol. The Hall–Kier alpha value is -1.55. The van der Waals surface area contributed by atoms with Gasteiger partial charge in [0.15, 0.2) is 0 Å². The van der Waals surface area contributed by atoms with Crippen LogP contribution < -0.4 is 11.1 Å². The van der Waals surface area contributed by atoms with Crippen molar-refractivity contribution in [3.05, 3.63) is 29.3 Å². The number of hydrogen-bond donors (Lipinski definition) is 3. The largest absolute Gasteiger partial charge is 0.398 e. The first kappa shape index (κ1) is 12.9. The fourth-order valence-corrected chi connectivity index (χ4v) is 2.38. The van der Waals surface area contributed by atoms with E-state index in [0.29, 0.717) is 11.3 Å². The molecule has 1 aliphatic rings. The Morgan fingerprint density at radius 3 is 2.67 bits per heavy atom. The Morgan fingerprint density at radius 1 is 1.33 bits per heavy atom. The van der Waals surface area contributed by atoms with Crippen LogP contribution in [0.25, 0.3) is 0 Å². The van der Waals surface area contributed by atoms with Crippen LogP contribution in [0.2, 0.25) is 0 Å². The molecule has 1 fully saturated rings. The molecule has 0 aromatic heterocycles. The van der Waals surface area contributed by atoms with E-state index in [1.54, 1.807) is 18.2 Å². The molecule has 0 saturated heterocycles. The summed E-state index contributed by atoms with van der Waals surface area (Å²) < 4.78 is 0. The predicted octanol–water partition coefficient (Wildman–Crippen LogP) is 1.61. The number of anilines is 1. The molecule has 0 radical (unpaired) electrons. The molecule has 1 aromatic rings. The lowest BCUT2D eigenvalue weighted by Gasteiger charge is -2.26. The lowest BCUT2D eigenvalue weighted by molar-refractivity contribution is 0.0867. The number of carbonyl (C=O) groups excluding carboxylic acids is 1. The summed E-state index contributed by atoms with van der Waals surface area (Å²) in [5, 5.41) is 12.4. The maximum absolute atomic E-state index is 12.1. The summed E-state index contributed by atoms with van der Waals surface area (Å²) >= 11 is 0. The third-order valence-corrected chi connectivity index (χ3v) is 3.65. The molecule has 0 unspecified atom stereocenters. The van der Waals surface area contributed by atoms with Crippen LogP contribution in [0, 0.1) is 6.92 Å². The maximum Gasteiger partial charge on any atom is 0.251 e. The molecule has 18 heavy (non-hydrogen) atoms. The minimum absolute atomic E-state index is 0.0683. The average molecular weight is 248 g/mol. The molecule has 1 aliphatic carbocycles. The van der Waals surface area contributed by atoms with Crippen molar-refractivity contribution in [3.63, 3.8) is 0 Å². The minimum Gasteiger partial charge on any atom is -0.398 e. The zero-order valence-electron chi connectivity index (χ0n) is 10.6. The number of rotatable bonds is 2. The van der Waals surface area contributed by atoms with E-state index in [-0.39, 0.29) is 18.1 Å². The molecule has 0 atom stereocenters. The Bertz CT molecular complexity index is 437. The number of nitrogen functional groups attached to an aromatic ring is 1. The van der Waals surface area contributed by atoms with Crippen molar-refractivity contribution in [1.29, 1.82) is 0 Å². The minimum atomic E-state index is -0.202.